The number of rotatable bonds is 8. The highest BCUT2D eigenvalue weighted by Gasteiger charge is 2.19. The molecule has 0 aliphatic rings. The molecule has 0 atom stereocenters. The van der Waals surface area contributed by atoms with E-state index in [0.29, 0.717) is 24.1 Å². The average molecular weight is 340 g/mol. The molecule has 0 bridgehead atoms. The standard InChI is InChI=1S/C13H16N4O5S/c1-2-22-13(21)15-11-8(12(20)16-17-14)7-23-9(11)5-3-4-6-10(18)19/h7H,2-6H2,1H3,(H,15,21)(H,18,19). The summed E-state index contributed by atoms with van der Waals surface area (Å²) in [6.07, 6.45) is 0.887. The fourth-order valence-electron chi connectivity index (χ4n) is 1.80. The summed E-state index contributed by atoms with van der Waals surface area (Å²) in [5.41, 5.74) is 8.70. The van der Waals surface area contributed by atoms with Crippen molar-refractivity contribution in [2.75, 3.05) is 11.9 Å². The molecule has 0 aliphatic heterocycles. The van der Waals surface area contributed by atoms with Crippen LogP contribution < -0.4 is 5.32 Å². The van der Waals surface area contributed by atoms with Crippen LogP contribution >= 0.6 is 11.3 Å². The van der Waals surface area contributed by atoms with E-state index in [2.05, 4.69) is 15.3 Å². The molecule has 1 rings (SSSR count). The lowest BCUT2D eigenvalue weighted by Gasteiger charge is -2.08. The number of ether oxygens (including phenoxy) is 1. The van der Waals surface area contributed by atoms with Crippen molar-refractivity contribution < 1.29 is 24.2 Å². The van der Waals surface area contributed by atoms with Crippen molar-refractivity contribution in [1.82, 2.24) is 0 Å². The van der Waals surface area contributed by atoms with E-state index >= 15 is 0 Å². The zero-order chi connectivity index (χ0) is 17.2. The van der Waals surface area contributed by atoms with Gasteiger partial charge in [0.2, 0.25) is 0 Å². The van der Waals surface area contributed by atoms with E-state index in [-0.39, 0.29) is 24.3 Å². The van der Waals surface area contributed by atoms with E-state index in [9.17, 15) is 14.4 Å². The van der Waals surface area contributed by atoms with Crippen molar-refractivity contribution >= 4 is 35.0 Å². The smallest absolute Gasteiger partial charge is 0.411 e. The Morgan fingerprint density at radius 1 is 1.43 bits per heavy atom. The third-order valence-corrected chi connectivity index (χ3v) is 3.83. The molecule has 0 aliphatic carbocycles. The lowest BCUT2D eigenvalue weighted by Crippen LogP contribution is -2.15. The molecule has 0 unspecified atom stereocenters. The van der Waals surface area contributed by atoms with Crippen LogP contribution in [-0.2, 0) is 16.0 Å². The monoisotopic (exact) mass is 340 g/mol. The lowest BCUT2D eigenvalue weighted by molar-refractivity contribution is -0.137. The van der Waals surface area contributed by atoms with Gasteiger partial charge in [-0.2, -0.15) is 0 Å². The fourth-order valence-corrected chi connectivity index (χ4v) is 2.82. The number of carboxylic acid groups (broad SMARTS) is 1. The van der Waals surface area contributed by atoms with Gasteiger partial charge in [-0.3, -0.25) is 14.9 Å². The summed E-state index contributed by atoms with van der Waals surface area (Å²) in [4.78, 5) is 37.0. The Hall–Kier alpha value is -2.58. The minimum Gasteiger partial charge on any atom is -0.481 e. The van der Waals surface area contributed by atoms with Crippen LogP contribution in [0.3, 0.4) is 0 Å². The van der Waals surface area contributed by atoms with E-state index in [1.807, 2.05) is 0 Å². The number of nitrogens with one attached hydrogen (secondary N) is 1. The van der Waals surface area contributed by atoms with E-state index in [1.165, 1.54) is 16.7 Å². The van der Waals surface area contributed by atoms with Gasteiger partial charge in [0, 0.05) is 21.6 Å². The van der Waals surface area contributed by atoms with Gasteiger partial charge in [-0.05, 0) is 36.8 Å². The van der Waals surface area contributed by atoms with Gasteiger partial charge in [-0.15, -0.1) is 11.3 Å². The molecule has 124 valence electrons. The zero-order valence-corrected chi connectivity index (χ0v) is 13.3. The molecule has 0 radical (unpaired) electrons. The highest BCUT2D eigenvalue weighted by molar-refractivity contribution is 7.11. The highest BCUT2D eigenvalue weighted by Crippen LogP contribution is 2.31. The maximum Gasteiger partial charge on any atom is 0.411 e. The summed E-state index contributed by atoms with van der Waals surface area (Å²) in [6.45, 7) is 1.82. The van der Waals surface area contributed by atoms with Gasteiger partial charge < -0.3 is 9.84 Å². The Morgan fingerprint density at radius 2 is 2.17 bits per heavy atom. The van der Waals surface area contributed by atoms with Crippen LogP contribution in [0.15, 0.2) is 10.5 Å². The van der Waals surface area contributed by atoms with Crippen molar-refractivity contribution in [2.45, 2.75) is 32.6 Å². The number of carbonyl (C=O) groups excluding carboxylic acids is 2. The normalized spacial score (nSPS) is 9.78. The van der Waals surface area contributed by atoms with Gasteiger partial charge >= 0.3 is 12.1 Å². The molecule has 1 aromatic heterocycles. The predicted octanol–water partition coefficient (Wildman–Crippen LogP) is 3.56. The Labute approximate surface area is 135 Å². The van der Waals surface area contributed by atoms with Crippen molar-refractivity contribution in [1.29, 1.82) is 0 Å². The number of azide groups is 1. The summed E-state index contributed by atoms with van der Waals surface area (Å²) < 4.78 is 4.78. The molecule has 10 heteroatoms. The second-order valence-electron chi connectivity index (χ2n) is 4.39. The summed E-state index contributed by atoms with van der Waals surface area (Å²) in [5, 5.41) is 15.6. The van der Waals surface area contributed by atoms with Crippen LogP contribution in [0.4, 0.5) is 10.5 Å². The molecule has 0 fully saturated rings. The van der Waals surface area contributed by atoms with E-state index in [4.69, 9.17) is 15.4 Å². The zero-order valence-electron chi connectivity index (χ0n) is 12.4. The van der Waals surface area contributed by atoms with Crippen LogP contribution in [0.5, 0.6) is 0 Å². The van der Waals surface area contributed by atoms with Gasteiger partial charge in [0.1, 0.15) is 0 Å². The number of carboxylic acids is 1. The summed E-state index contributed by atoms with van der Waals surface area (Å²) in [6, 6.07) is 0. The molecule has 0 saturated carbocycles. The van der Waals surface area contributed by atoms with Gasteiger partial charge in [0.05, 0.1) is 17.9 Å². The van der Waals surface area contributed by atoms with Crippen molar-refractivity contribution in [2.24, 2.45) is 5.11 Å². The first-order valence-corrected chi connectivity index (χ1v) is 7.72. The van der Waals surface area contributed by atoms with Crippen LogP contribution in [-0.4, -0.2) is 29.7 Å². The molecule has 2 amide bonds. The van der Waals surface area contributed by atoms with Gasteiger partial charge in [0.25, 0.3) is 5.91 Å². The number of anilines is 1. The lowest BCUT2D eigenvalue weighted by atomic mass is 10.1. The molecule has 0 aromatic carbocycles. The van der Waals surface area contributed by atoms with Crippen LogP contribution in [0.2, 0.25) is 0 Å². The second kappa shape index (κ2) is 9.44. The minimum absolute atomic E-state index is 0.0521. The molecule has 1 heterocycles. The Morgan fingerprint density at radius 3 is 2.78 bits per heavy atom. The number of hydrogen-bond acceptors (Lipinski definition) is 5. The summed E-state index contributed by atoms with van der Waals surface area (Å²) >= 11 is 1.23. The third kappa shape index (κ3) is 5.97. The number of aliphatic carboxylic acids is 1. The largest absolute Gasteiger partial charge is 0.481 e. The molecule has 9 nitrogen and oxygen atoms in total. The number of aryl methyl sites for hydroxylation is 1. The quantitative estimate of drug-likeness (QED) is 0.322. The Balaban J connectivity index is 2.90. The number of nitrogens with zero attached hydrogens (tertiary/aromatic N) is 3. The van der Waals surface area contributed by atoms with Crippen molar-refractivity contribution in [3.05, 3.63) is 26.3 Å². The second-order valence-corrected chi connectivity index (χ2v) is 5.35. The SMILES string of the molecule is CCOC(=O)Nc1c(C(=O)N=[N+]=[N-])csc1CCCCC(=O)O. The van der Waals surface area contributed by atoms with E-state index in [1.54, 1.807) is 6.92 Å². The average Bonchev–Trinajstić information content (AvgIpc) is 2.87. The Kier molecular flexibility index (Phi) is 7.58. The van der Waals surface area contributed by atoms with Crippen LogP contribution in [0, 0.1) is 0 Å². The molecular formula is C13H16N4O5S. The first-order chi connectivity index (χ1) is 11.0. The Bertz CT molecular complexity index is 636. The maximum absolute atomic E-state index is 11.8. The molecule has 2 N–H and O–H groups in total. The van der Waals surface area contributed by atoms with Crippen LogP contribution in [0.1, 0.15) is 41.4 Å². The third-order valence-electron chi connectivity index (χ3n) is 2.78. The fraction of sp³-hybridized carbons (Fsp3) is 0.462. The van der Waals surface area contributed by atoms with Gasteiger partial charge in [-0.1, -0.05) is 0 Å². The number of hydrogen-bond donors (Lipinski definition) is 2. The highest BCUT2D eigenvalue weighted by atomic mass is 32.1. The summed E-state index contributed by atoms with van der Waals surface area (Å²) in [5.74, 6) is -1.67. The summed E-state index contributed by atoms with van der Waals surface area (Å²) in [7, 11) is 0. The first kappa shape index (κ1) is 18.5. The number of amides is 2. The number of unbranched alkanes of at least 4 members (excludes halogenated alkanes) is 1. The van der Waals surface area contributed by atoms with Crippen molar-refractivity contribution in [3.63, 3.8) is 0 Å². The van der Waals surface area contributed by atoms with E-state index in [0.717, 1.165) is 0 Å². The molecule has 0 saturated heterocycles. The first-order valence-electron chi connectivity index (χ1n) is 6.85. The van der Waals surface area contributed by atoms with Gasteiger partial charge in [0.15, 0.2) is 0 Å². The topological polar surface area (TPSA) is 141 Å². The van der Waals surface area contributed by atoms with Gasteiger partial charge in [-0.25, -0.2) is 4.79 Å². The number of carbonyl (C=O) groups is 3. The van der Waals surface area contributed by atoms with Crippen LogP contribution in [0.25, 0.3) is 10.4 Å². The molecular weight excluding hydrogens is 324 g/mol. The molecule has 1 aromatic rings. The minimum atomic E-state index is -0.875. The number of thiophene rings is 1. The molecule has 0 spiro atoms. The van der Waals surface area contributed by atoms with Crippen molar-refractivity contribution in [3.8, 4) is 0 Å². The molecule has 23 heavy (non-hydrogen) atoms. The maximum atomic E-state index is 11.8. The predicted molar refractivity (Wildman–Crippen MR) is 83.6 cm³/mol. The van der Waals surface area contributed by atoms with E-state index < -0.39 is 18.0 Å².